The molecule has 2 aromatic rings. The Bertz CT molecular complexity index is 505. The standard InChI is InChI=1S/C9H6BrNO.C5H10O2/c10-9-7-4-2-1-3-6(7)8(12)5-11-9;1-3-5(2)7-4-6/h1-5,12H;4-5H,3H2,1-2H3. The van der Waals surface area contributed by atoms with Gasteiger partial charge in [-0.05, 0) is 29.3 Å². The van der Waals surface area contributed by atoms with Crippen LogP contribution in [0.4, 0.5) is 0 Å². The van der Waals surface area contributed by atoms with Gasteiger partial charge in [-0.1, -0.05) is 31.2 Å². The van der Waals surface area contributed by atoms with Gasteiger partial charge < -0.3 is 9.84 Å². The molecule has 0 amide bonds. The van der Waals surface area contributed by atoms with Crippen molar-refractivity contribution in [2.45, 2.75) is 26.4 Å². The van der Waals surface area contributed by atoms with E-state index in [4.69, 9.17) is 0 Å². The number of pyridine rings is 1. The number of nitrogens with zero attached hydrogens (tertiary/aromatic N) is 1. The van der Waals surface area contributed by atoms with Crippen LogP contribution in [0.5, 0.6) is 5.75 Å². The fourth-order valence-corrected chi connectivity index (χ4v) is 1.78. The van der Waals surface area contributed by atoms with Crippen LogP contribution in [0.25, 0.3) is 10.8 Å². The molecule has 0 aliphatic rings. The summed E-state index contributed by atoms with van der Waals surface area (Å²) in [6, 6.07) is 7.56. The van der Waals surface area contributed by atoms with Crippen LogP contribution in [0.15, 0.2) is 35.1 Å². The molecule has 1 atom stereocenters. The van der Waals surface area contributed by atoms with Gasteiger partial charge in [-0.3, -0.25) is 4.79 Å². The van der Waals surface area contributed by atoms with Crippen molar-refractivity contribution in [2.24, 2.45) is 0 Å². The molecule has 1 N–H and O–H groups in total. The molecule has 1 unspecified atom stereocenters. The van der Waals surface area contributed by atoms with E-state index in [0.717, 1.165) is 21.8 Å². The molecule has 0 spiro atoms. The fourth-order valence-electron chi connectivity index (χ4n) is 1.33. The van der Waals surface area contributed by atoms with Crippen molar-refractivity contribution in [1.29, 1.82) is 0 Å². The summed E-state index contributed by atoms with van der Waals surface area (Å²) in [5.74, 6) is 0.216. The van der Waals surface area contributed by atoms with Crippen LogP contribution < -0.4 is 0 Å². The molecule has 19 heavy (non-hydrogen) atoms. The molecule has 0 fully saturated rings. The number of benzene rings is 1. The number of aromatic nitrogens is 1. The maximum Gasteiger partial charge on any atom is 0.293 e. The normalized spacial score (nSPS) is 11.3. The van der Waals surface area contributed by atoms with Gasteiger partial charge in [0.05, 0.1) is 12.3 Å². The molecule has 0 saturated carbocycles. The fraction of sp³-hybridized carbons (Fsp3) is 0.286. The van der Waals surface area contributed by atoms with Gasteiger partial charge in [-0.2, -0.15) is 0 Å². The first-order valence-electron chi connectivity index (χ1n) is 5.91. The van der Waals surface area contributed by atoms with Crippen LogP contribution in [-0.2, 0) is 9.53 Å². The zero-order chi connectivity index (χ0) is 14.3. The molecule has 0 aliphatic carbocycles. The summed E-state index contributed by atoms with van der Waals surface area (Å²) in [6.07, 6.45) is 2.41. The van der Waals surface area contributed by atoms with Gasteiger partial charge >= 0.3 is 0 Å². The number of hydrogen-bond acceptors (Lipinski definition) is 4. The maximum absolute atomic E-state index is 9.55. The van der Waals surface area contributed by atoms with E-state index < -0.39 is 0 Å². The Labute approximate surface area is 120 Å². The molecular weight excluding hydrogens is 310 g/mol. The van der Waals surface area contributed by atoms with Gasteiger partial charge in [-0.25, -0.2) is 4.98 Å². The zero-order valence-corrected chi connectivity index (χ0v) is 12.4. The number of hydrogen-bond donors (Lipinski definition) is 1. The summed E-state index contributed by atoms with van der Waals surface area (Å²) in [5, 5.41) is 11.2. The number of rotatable bonds is 3. The van der Waals surface area contributed by atoms with Crippen molar-refractivity contribution in [1.82, 2.24) is 4.98 Å². The number of ether oxygens (including phenoxy) is 1. The highest BCUT2D eigenvalue weighted by molar-refractivity contribution is 9.10. The molecule has 102 valence electrons. The van der Waals surface area contributed by atoms with E-state index in [0.29, 0.717) is 6.47 Å². The second-order valence-electron chi connectivity index (χ2n) is 3.93. The van der Waals surface area contributed by atoms with Crippen LogP contribution in [0, 0.1) is 0 Å². The number of carbonyl (C=O) groups is 1. The van der Waals surface area contributed by atoms with Gasteiger partial charge in [0.25, 0.3) is 6.47 Å². The van der Waals surface area contributed by atoms with Gasteiger partial charge in [0.1, 0.15) is 10.4 Å². The lowest BCUT2D eigenvalue weighted by atomic mass is 10.2. The summed E-state index contributed by atoms with van der Waals surface area (Å²) < 4.78 is 5.27. The lowest BCUT2D eigenvalue weighted by Gasteiger charge is -2.02. The van der Waals surface area contributed by atoms with E-state index in [9.17, 15) is 9.90 Å². The molecule has 2 rings (SSSR count). The van der Waals surface area contributed by atoms with Crippen molar-refractivity contribution in [3.8, 4) is 5.75 Å². The molecule has 4 nitrogen and oxygen atoms in total. The second kappa shape index (κ2) is 7.74. The molecule has 0 bridgehead atoms. The van der Waals surface area contributed by atoms with E-state index in [1.807, 2.05) is 38.1 Å². The Morgan fingerprint density at radius 3 is 2.53 bits per heavy atom. The lowest BCUT2D eigenvalue weighted by molar-refractivity contribution is -0.132. The third-order valence-electron chi connectivity index (χ3n) is 2.59. The third kappa shape index (κ3) is 4.52. The van der Waals surface area contributed by atoms with E-state index in [-0.39, 0.29) is 11.9 Å². The first-order chi connectivity index (χ1) is 9.10. The zero-order valence-electron chi connectivity index (χ0n) is 10.8. The Balaban J connectivity index is 0.000000224. The van der Waals surface area contributed by atoms with E-state index in [1.54, 1.807) is 0 Å². The number of halogens is 1. The van der Waals surface area contributed by atoms with Gasteiger partial charge in [0.15, 0.2) is 0 Å². The van der Waals surface area contributed by atoms with Crippen LogP contribution in [0.1, 0.15) is 20.3 Å². The molecule has 0 radical (unpaired) electrons. The number of carbonyl (C=O) groups excluding carboxylic acids is 1. The smallest absolute Gasteiger partial charge is 0.293 e. The Morgan fingerprint density at radius 2 is 2.05 bits per heavy atom. The maximum atomic E-state index is 9.55. The predicted molar refractivity (Wildman–Crippen MR) is 78.0 cm³/mol. The van der Waals surface area contributed by atoms with Crippen LogP contribution in [0.2, 0.25) is 0 Å². The van der Waals surface area contributed by atoms with Crippen molar-refractivity contribution >= 4 is 33.2 Å². The topological polar surface area (TPSA) is 59.4 Å². The molecule has 1 heterocycles. The van der Waals surface area contributed by atoms with Crippen molar-refractivity contribution < 1.29 is 14.6 Å². The largest absolute Gasteiger partial charge is 0.506 e. The summed E-state index contributed by atoms with van der Waals surface area (Å²) in [4.78, 5) is 13.5. The molecule has 0 saturated heterocycles. The van der Waals surface area contributed by atoms with E-state index >= 15 is 0 Å². The summed E-state index contributed by atoms with van der Waals surface area (Å²) in [5.41, 5.74) is 0. The first kappa shape index (κ1) is 15.4. The van der Waals surface area contributed by atoms with Crippen molar-refractivity contribution in [2.75, 3.05) is 0 Å². The SMILES string of the molecule is CCC(C)OC=O.Oc1cnc(Br)c2ccccc12. The minimum Gasteiger partial charge on any atom is -0.506 e. The monoisotopic (exact) mass is 325 g/mol. The molecule has 1 aromatic heterocycles. The lowest BCUT2D eigenvalue weighted by Crippen LogP contribution is -2.03. The minimum absolute atomic E-state index is 0.0810. The average Bonchev–Trinajstić information content (AvgIpc) is 2.44. The quantitative estimate of drug-likeness (QED) is 0.691. The molecule has 0 aliphatic heterocycles. The van der Waals surface area contributed by atoms with Crippen LogP contribution in [0.3, 0.4) is 0 Å². The van der Waals surface area contributed by atoms with Crippen LogP contribution >= 0.6 is 15.9 Å². The minimum atomic E-state index is 0.0810. The highest BCUT2D eigenvalue weighted by Crippen LogP contribution is 2.27. The molecule has 5 heteroatoms. The Hall–Kier alpha value is -1.62. The number of fused-ring (bicyclic) bond motifs is 1. The average molecular weight is 326 g/mol. The first-order valence-corrected chi connectivity index (χ1v) is 6.70. The van der Waals surface area contributed by atoms with E-state index in [2.05, 4.69) is 25.7 Å². The number of aromatic hydroxyl groups is 1. The van der Waals surface area contributed by atoms with Crippen LogP contribution in [-0.4, -0.2) is 22.7 Å². The highest BCUT2D eigenvalue weighted by Gasteiger charge is 2.02. The van der Waals surface area contributed by atoms with Crippen molar-refractivity contribution in [3.05, 3.63) is 35.1 Å². The Kier molecular flexibility index (Phi) is 6.29. The van der Waals surface area contributed by atoms with E-state index in [1.165, 1.54) is 6.20 Å². The molecular formula is C14H16BrNO3. The summed E-state index contributed by atoms with van der Waals surface area (Å²) >= 11 is 3.31. The van der Waals surface area contributed by atoms with Gasteiger partial charge in [0.2, 0.25) is 0 Å². The summed E-state index contributed by atoms with van der Waals surface area (Å²) in [6.45, 7) is 4.30. The molecule has 1 aromatic carbocycles. The van der Waals surface area contributed by atoms with Crippen molar-refractivity contribution in [3.63, 3.8) is 0 Å². The highest BCUT2D eigenvalue weighted by atomic mass is 79.9. The Morgan fingerprint density at radius 1 is 1.42 bits per heavy atom. The second-order valence-corrected chi connectivity index (χ2v) is 4.68. The summed E-state index contributed by atoms with van der Waals surface area (Å²) in [7, 11) is 0. The third-order valence-corrected chi connectivity index (χ3v) is 3.22. The van der Waals surface area contributed by atoms with Gasteiger partial charge in [0, 0.05) is 10.8 Å². The predicted octanol–water partition coefficient (Wildman–Crippen LogP) is 3.66. The van der Waals surface area contributed by atoms with Gasteiger partial charge in [-0.15, -0.1) is 0 Å².